The number of rotatable bonds is 4. The highest BCUT2D eigenvalue weighted by atomic mass is 35.5. The van der Waals surface area contributed by atoms with E-state index < -0.39 is 26.9 Å². The lowest BCUT2D eigenvalue weighted by molar-refractivity contribution is -0.129. The van der Waals surface area contributed by atoms with Crippen LogP contribution in [0.1, 0.15) is 37.0 Å². The third-order valence-electron chi connectivity index (χ3n) is 6.66. The molecule has 0 unspecified atom stereocenters. The number of sulfone groups is 1. The van der Waals surface area contributed by atoms with Gasteiger partial charge in [-0.15, -0.1) is 11.3 Å². The van der Waals surface area contributed by atoms with Gasteiger partial charge in [0.05, 0.1) is 12.2 Å². The van der Waals surface area contributed by atoms with Gasteiger partial charge in [0.25, 0.3) is 0 Å². The number of benzene rings is 1. The number of hydrogen-bond acceptors (Lipinski definition) is 6. The molecule has 4 rings (SSSR count). The summed E-state index contributed by atoms with van der Waals surface area (Å²) in [6.07, 6.45) is 2.63. The number of nitrogens with zero attached hydrogens (tertiary/aromatic N) is 2. The first-order chi connectivity index (χ1) is 16.3. The lowest BCUT2D eigenvalue weighted by Gasteiger charge is -2.33. The number of thiophene rings is 1. The van der Waals surface area contributed by atoms with Crippen molar-refractivity contribution in [2.24, 2.45) is 0 Å². The molecule has 11 heteroatoms. The highest BCUT2D eigenvalue weighted by Gasteiger charge is 2.50. The number of urea groups is 1. The van der Waals surface area contributed by atoms with Gasteiger partial charge in [-0.1, -0.05) is 23.7 Å². The summed E-state index contributed by atoms with van der Waals surface area (Å²) in [6, 6.07) is 10.6. The summed E-state index contributed by atoms with van der Waals surface area (Å²) in [7, 11) is -3.85. The van der Waals surface area contributed by atoms with Gasteiger partial charge in [0.2, 0.25) is 5.91 Å². The minimum absolute atomic E-state index is 0.0723. The van der Waals surface area contributed by atoms with E-state index in [1.807, 2.05) is 18.2 Å². The van der Waals surface area contributed by atoms with E-state index in [1.54, 1.807) is 33.5 Å². The fourth-order valence-electron chi connectivity index (χ4n) is 4.70. The maximum Gasteiger partial charge on any atom is 0.320 e. The predicted molar refractivity (Wildman–Crippen MR) is 132 cm³/mol. The van der Waals surface area contributed by atoms with Crippen LogP contribution in [0.4, 0.5) is 4.79 Å². The number of nitrogens with one attached hydrogen (secondary N) is 1. The summed E-state index contributed by atoms with van der Waals surface area (Å²) in [5, 5.41) is 9.81. The first-order valence-corrected chi connectivity index (χ1v) is 14.2. The van der Waals surface area contributed by atoms with Gasteiger partial charge in [0.1, 0.15) is 4.75 Å². The van der Waals surface area contributed by atoms with Crippen molar-refractivity contribution in [3.63, 3.8) is 0 Å². The third-order valence-corrected chi connectivity index (χ3v) is 10.9. The molecule has 2 aromatic rings. The second kappa shape index (κ2) is 10.2. The standard InChI is InChI=1S/C23H28ClN3O5S2/c24-18-6-4-17(5-7-18)19-8-9-20(33-19)23(16-21(28)25-30)10-13-27(14-15-34(23,31)32)22(29)26-11-2-1-3-12-26/h4-9,30H,1-3,10-16H2,(H,25,28)/t23-/m0/s1. The molecular weight excluding hydrogens is 498 g/mol. The maximum absolute atomic E-state index is 13.7. The Labute approximate surface area is 208 Å². The van der Waals surface area contributed by atoms with Crippen LogP contribution >= 0.6 is 22.9 Å². The Bertz CT molecular complexity index is 1150. The smallest absolute Gasteiger partial charge is 0.320 e. The van der Waals surface area contributed by atoms with Gasteiger partial charge < -0.3 is 9.80 Å². The zero-order valence-electron chi connectivity index (χ0n) is 18.7. The van der Waals surface area contributed by atoms with Crippen molar-refractivity contribution in [3.8, 4) is 10.4 Å². The Kier molecular flexibility index (Phi) is 7.51. The molecule has 2 aliphatic heterocycles. The van der Waals surface area contributed by atoms with E-state index in [-0.39, 0.29) is 31.3 Å². The first-order valence-electron chi connectivity index (χ1n) is 11.3. The minimum atomic E-state index is -3.85. The topological polar surface area (TPSA) is 107 Å². The molecule has 8 nitrogen and oxygen atoms in total. The molecule has 0 aliphatic carbocycles. The van der Waals surface area contributed by atoms with E-state index in [4.69, 9.17) is 11.6 Å². The molecule has 3 heterocycles. The van der Waals surface area contributed by atoms with Crippen molar-refractivity contribution >= 4 is 44.7 Å². The number of carbonyl (C=O) groups excluding carboxylic acids is 2. The third kappa shape index (κ3) is 4.95. The highest BCUT2D eigenvalue weighted by Crippen LogP contribution is 2.45. The number of hydroxylamine groups is 1. The SMILES string of the molecule is O=C(C[C@]1(c2ccc(-c3ccc(Cl)cc3)s2)CCN(C(=O)N2CCCCC2)CCS1(=O)=O)NO. The second-order valence-corrected chi connectivity index (χ2v) is 12.7. The van der Waals surface area contributed by atoms with Crippen LogP contribution in [0.3, 0.4) is 0 Å². The lowest BCUT2D eigenvalue weighted by atomic mass is 9.97. The zero-order chi connectivity index (χ0) is 24.3. The summed E-state index contributed by atoms with van der Waals surface area (Å²) in [5.74, 6) is -1.03. The van der Waals surface area contributed by atoms with Gasteiger partial charge >= 0.3 is 6.03 Å². The van der Waals surface area contributed by atoms with Crippen molar-refractivity contribution in [3.05, 3.63) is 46.3 Å². The average molecular weight is 526 g/mol. The quantitative estimate of drug-likeness (QED) is 0.465. The van der Waals surface area contributed by atoms with Crippen LogP contribution in [0.25, 0.3) is 10.4 Å². The van der Waals surface area contributed by atoms with Gasteiger partial charge in [-0.3, -0.25) is 10.0 Å². The normalized spacial score (nSPS) is 22.8. The summed E-state index contributed by atoms with van der Waals surface area (Å²) in [4.78, 5) is 30.1. The van der Waals surface area contributed by atoms with E-state index in [2.05, 4.69) is 0 Å². The number of likely N-dealkylation sites (tertiary alicyclic amines) is 1. The Morgan fingerprint density at radius 2 is 1.68 bits per heavy atom. The molecule has 2 N–H and O–H groups in total. The minimum Gasteiger partial charge on any atom is -0.325 e. The molecule has 0 radical (unpaired) electrons. The van der Waals surface area contributed by atoms with Crippen LogP contribution in [0.15, 0.2) is 36.4 Å². The molecule has 2 saturated heterocycles. The van der Waals surface area contributed by atoms with E-state index in [1.165, 1.54) is 11.3 Å². The Morgan fingerprint density at radius 3 is 2.35 bits per heavy atom. The predicted octanol–water partition coefficient (Wildman–Crippen LogP) is 3.89. The molecular formula is C23H28ClN3O5S2. The largest absolute Gasteiger partial charge is 0.325 e. The summed E-state index contributed by atoms with van der Waals surface area (Å²) in [5.41, 5.74) is 2.48. The number of hydrogen-bond donors (Lipinski definition) is 2. The van der Waals surface area contributed by atoms with Gasteiger partial charge in [0, 0.05) is 41.0 Å². The molecule has 2 fully saturated rings. The van der Waals surface area contributed by atoms with Gasteiger partial charge in [0.15, 0.2) is 9.84 Å². The molecule has 2 aliphatic rings. The zero-order valence-corrected chi connectivity index (χ0v) is 21.1. The van der Waals surface area contributed by atoms with Crippen LogP contribution in [-0.2, 0) is 19.4 Å². The molecule has 1 atom stereocenters. The van der Waals surface area contributed by atoms with Crippen LogP contribution in [-0.4, -0.2) is 67.3 Å². The van der Waals surface area contributed by atoms with Crippen LogP contribution in [0, 0.1) is 0 Å². The van der Waals surface area contributed by atoms with Crippen molar-refractivity contribution in [2.45, 2.75) is 36.9 Å². The van der Waals surface area contributed by atoms with E-state index in [0.29, 0.717) is 23.0 Å². The monoisotopic (exact) mass is 525 g/mol. The maximum atomic E-state index is 13.7. The van der Waals surface area contributed by atoms with Crippen molar-refractivity contribution in [1.29, 1.82) is 0 Å². The van der Waals surface area contributed by atoms with E-state index in [9.17, 15) is 23.2 Å². The van der Waals surface area contributed by atoms with Crippen LogP contribution in [0.2, 0.25) is 5.02 Å². The number of halogens is 1. The molecule has 1 aromatic heterocycles. The van der Waals surface area contributed by atoms with Gasteiger partial charge in [-0.05, 0) is 55.5 Å². The van der Waals surface area contributed by atoms with Gasteiger partial charge in [-0.2, -0.15) is 0 Å². The Balaban J connectivity index is 1.68. The Morgan fingerprint density at radius 1 is 1.00 bits per heavy atom. The molecule has 3 amide bonds. The Hall–Kier alpha value is -2.14. The molecule has 0 bridgehead atoms. The average Bonchev–Trinajstić information content (AvgIpc) is 3.29. The molecule has 34 heavy (non-hydrogen) atoms. The lowest BCUT2D eigenvalue weighted by Crippen LogP contribution is -2.46. The van der Waals surface area contributed by atoms with Crippen molar-refractivity contribution < 1.29 is 23.2 Å². The van der Waals surface area contributed by atoms with Crippen LogP contribution in [0.5, 0.6) is 0 Å². The highest BCUT2D eigenvalue weighted by molar-refractivity contribution is 7.92. The summed E-state index contributed by atoms with van der Waals surface area (Å²) < 4.78 is 25.8. The van der Waals surface area contributed by atoms with E-state index in [0.717, 1.165) is 29.7 Å². The number of carbonyl (C=O) groups is 2. The van der Waals surface area contributed by atoms with Crippen molar-refractivity contribution in [2.75, 3.05) is 31.9 Å². The fourth-order valence-corrected chi connectivity index (χ4v) is 8.43. The van der Waals surface area contributed by atoms with E-state index >= 15 is 0 Å². The summed E-state index contributed by atoms with van der Waals surface area (Å²) >= 11 is 7.29. The number of amides is 3. The number of piperidine rings is 1. The fraction of sp³-hybridized carbons (Fsp3) is 0.478. The molecule has 0 saturated carbocycles. The van der Waals surface area contributed by atoms with Crippen LogP contribution < -0.4 is 5.48 Å². The molecule has 0 spiro atoms. The second-order valence-electron chi connectivity index (χ2n) is 8.76. The first kappa shape index (κ1) is 25.0. The molecule has 1 aromatic carbocycles. The van der Waals surface area contributed by atoms with Gasteiger partial charge in [-0.25, -0.2) is 18.7 Å². The molecule has 184 valence electrons. The van der Waals surface area contributed by atoms with Crippen molar-refractivity contribution in [1.82, 2.24) is 15.3 Å². The summed E-state index contributed by atoms with van der Waals surface area (Å²) in [6.45, 7) is 1.64.